The van der Waals surface area contributed by atoms with Gasteiger partial charge in [0.2, 0.25) is 5.91 Å². The van der Waals surface area contributed by atoms with Crippen LogP contribution in [0.25, 0.3) is 5.65 Å². The Balaban J connectivity index is 1.53. The van der Waals surface area contributed by atoms with Gasteiger partial charge < -0.3 is 9.64 Å². The van der Waals surface area contributed by atoms with Gasteiger partial charge in [-0.25, -0.2) is 9.50 Å². The Morgan fingerprint density at radius 3 is 2.77 bits per heavy atom. The van der Waals surface area contributed by atoms with Crippen molar-refractivity contribution in [3.8, 4) is 5.75 Å². The van der Waals surface area contributed by atoms with Gasteiger partial charge in [-0.3, -0.25) is 4.79 Å². The monoisotopic (exact) mass is 418 g/mol. The number of likely N-dealkylation sites (tertiary alicyclic amines) is 1. The van der Waals surface area contributed by atoms with Crippen LogP contribution in [0.2, 0.25) is 0 Å². The molecule has 0 aliphatic carbocycles. The third kappa shape index (κ3) is 3.83. The standard InChI is InChI=1S/C21H21F3N4O2/c1-13-9-18(21(22,23)24)28-19(25-13)11-16(26-28)15-7-8-27(12-15)20(29)10-14-5-3-4-6-17(14)30-2/h3-6,9,11,15H,7-8,10,12H2,1-2H3/t15-/m0/s1. The number of amides is 1. The normalized spacial score (nSPS) is 17.0. The molecular formula is C21H21F3N4O2. The number of fused-ring (bicyclic) bond motifs is 1. The maximum absolute atomic E-state index is 13.4. The van der Waals surface area contributed by atoms with Crippen molar-refractivity contribution >= 4 is 11.6 Å². The van der Waals surface area contributed by atoms with Crippen LogP contribution in [0.5, 0.6) is 5.75 Å². The summed E-state index contributed by atoms with van der Waals surface area (Å²) >= 11 is 0. The van der Waals surface area contributed by atoms with Crippen LogP contribution in [0.15, 0.2) is 36.4 Å². The molecule has 4 rings (SSSR count). The van der Waals surface area contributed by atoms with Gasteiger partial charge >= 0.3 is 6.18 Å². The molecule has 1 amide bonds. The van der Waals surface area contributed by atoms with E-state index in [4.69, 9.17) is 4.74 Å². The molecule has 3 heterocycles. The van der Waals surface area contributed by atoms with Gasteiger partial charge in [-0.2, -0.15) is 18.3 Å². The summed E-state index contributed by atoms with van der Waals surface area (Å²) in [4.78, 5) is 18.6. The van der Waals surface area contributed by atoms with Crippen LogP contribution in [0.3, 0.4) is 0 Å². The Morgan fingerprint density at radius 1 is 1.27 bits per heavy atom. The maximum atomic E-state index is 13.4. The number of hydrogen-bond acceptors (Lipinski definition) is 4. The van der Waals surface area contributed by atoms with Gasteiger partial charge in [-0.15, -0.1) is 0 Å². The second kappa shape index (κ2) is 7.62. The molecule has 1 saturated heterocycles. The van der Waals surface area contributed by atoms with Crippen LogP contribution in [-0.2, 0) is 17.4 Å². The predicted octanol–water partition coefficient (Wildman–Crippen LogP) is 3.62. The molecule has 1 atom stereocenters. The Bertz CT molecular complexity index is 1090. The molecule has 1 aromatic carbocycles. The SMILES string of the molecule is COc1ccccc1CC(=O)N1CC[C@H](c2cc3nc(C)cc(C(F)(F)F)n3n2)C1. The van der Waals surface area contributed by atoms with Crippen LogP contribution in [-0.4, -0.2) is 45.6 Å². The molecule has 0 saturated carbocycles. The number of rotatable bonds is 4. The molecule has 1 aliphatic rings. The van der Waals surface area contributed by atoms with E-state index < -0.39 is 11.9 Å². The lowest BCUT2D eigenvalue weighted by Gasteiger charge is -2.17. The third-order valence-electron chi connectivity index (χ3n) is 5.36. The highest BCUT2D eigenvalue weighted by Crippen LogP contribution is 2.32. The fourth-order valence-electron chi connectivity index (χ4n) is 3.87. The van der Waals surface area contributed by atoms with E-state index in [0.717, 1.165) is 16.1 Å². The Labute approximate surface area is 171 Å². The summed E-state index contributed by atoms with van der Waals surface area (Å²) in [5.74, 6) is 0.480. The molecule has 1 fully saturated rings. The lowest BCUT2D eigenvalue weighted by Crippen LogP contribution is -2.30. The molecule has 0 bridgehead atoms. The Morgan fingerprint density at radius 2 is 2.03 bits per heavy atom. The number of alkyl halides is 3. The largest absolute Gasteiger partial charge is 0.496 e. The number of ether oxygens (including phenoxy) is 1. The molecule has 0 spiro atoms. The zero-order valence-corrected chi connectivity index (χ0v) is 16.6. The number of carbonyl (C=O) groups excluding carboxylic acids is 1. The summed E-state index contributed by atoms with van der Waals surface area (Å²) in [6.45, 7) is 2.47. The molecule has 1 aliphatic heterocycles. The van der Waals surface area contributed by atoms with Crippen molar-refractivity contribution < 1.29 is 22.7 Å². The van der Waals surface area contributed by atoms with Gasteiger partial charge in [0.15, 0.2) is 5.65 Å². The summed E-state index contributed by atoms with van der Waals surface area (Å²) in [7, 11) is 1.56. The van der Waals surface area contributed by atoms with Crippen molar-refractivity contribution in [1.82, 2.24) is 19.5 Å². The summed E-state index contributed by atoms with van der Waals surface area (Å²) in [5, 5.41) is 4.18. The molecule has 0 unspecified atom stereocenters. The van der Waals surface area contributed by atoms with Crippen molar-refractivity contribution in [1.29, 1.82) is 0 Å². The molecule has 3 aromatic rings. The fourth-order valence-corrected chi connectivity index (χ4v) is 3.87. The molecule has 6 nitrogen and oxygen atoms in total. The minimum atomic E-state index is -4.53. The van der Waals surface area contributed by atoms with Gasteiger partial charge in [0.1, 0.15) is 11.4 Å². The highest BCUT2D eigenvalue weighted by molar-refractivity contribution is 5.80. The van der Waals surface area contributed by atoms with Gasteiger partial charge in [-0.1, -0.05) is 18.2 Å². The number of para-hydroxylation sites is 1. The van der Waals surface area contributed by atoms with Gasteiger partial charge in [0.05, 0.1) is 19.2 Å². The van der Waals surface area contributed by atoms with Crippen molar-refractivity contribution in [2.24, 2.45) is 0 Å². The average Bonchev–Trinajstić information content (AvgIpc) is 3.34. The number of aryl methyl sites for hydroxylation is 1. The van der Waals surface area contributed by atoms with Crippen LogP contribution in [0.1, 0.15) is 35.0 Å². The number of methoxy groups -OCH3 is 1. The maximum Gasteiger partial charge on any atom is 0.433 e. The quantitative estimate of drug-likeness (QED) is 0.649. The van der Waals surface area contributed by atoms with Gasteiger partial charge in [0.25, 0.3) is 0 Å². The summed E-state index contributed by atoms with van der Waals surface area (Å²) in [6.07, 6.45) is -3.68. The van der Waals surface area contributed by atoms with Crippen molar-refractivity contribution in [3.05, 3.63) is 59.0 Å². The van der Waals surface area contributed by atoms with E-state index in [1.54, 1.807) is 24.1 Å². The van der Waals surface area contributed by atoms with E-state index in [1.165, 1.54) is 6.92 Å². The molecule has 0 radical (unpaired) electrons. The van der Waals surface area contributed by atoms with Crippen LogP contribution >= 0.6 is 0 Å². The predicted molar refractivity (Wildman–Crippen MR) is 103 cm³/mol. The number of benzene rings is 1. The van der Waals surface area contributed by atoms with Gasteiger partial charge in [0, 0.05) is 36.3 Å². The van der Waals surface area contributed by atoms with E-state index in [0.29, 0.717) is 31.0 Å². The molecule has 158 valence electrons. The number of carbonyl (C=O) groups is 1. The summed E-state index contributed by atoms with van der Waals surface area (Å²) in [6, 6.07) is 9.91. The zero-order valence-electron chi connectivity index (χ0n) is 16.6. The first kappa shape index (κ1) is 20.2. The molecule has 2 aromatic heterocycles. The van der Waals surface area contributed by atoms with E-state index >= 15 is 0 Å². The minimum Gasteiger partial charge on any atom is -0.496 e. The van der Waals surface area contributed by atoms with Crippen LogP contribution in [0, 0.1) is 6.92 Å². The molecular weight excluding hydrogens is 397 g/mol. The van der Waals surface area contributed by atoms with E-state index in [9.17, 15) is 18.0 Å². The third-order valence-corrected chi connectivity index (χ3v) is 5.36. The zero-order chi connectivity index (χ0) is 21.5. The highest BCUT2D eigenvalue weighted by atomic mass is 19.4. The molecule has 0 N–H and O–H groups in total. The summed E-state index contributed by atoms with van der Waals surface area (Å²) < 4.78 is 46.3. The lowest BCUT2D eigenvalue weighted by molar-refractivity contribution is -0.142. The van der Waals surface area contributed by atoms with Gasteiger partial charge in [-0.05, 0) is 25.5 Å². The van der Waals surface area contributed by atoms with Crippen LogP contribution < -0.4 is 4.74 Å². The first-order valence-electron chi connectivity index (χ1n) is 9.60. The fraction of sp³-hybridized carbons (Fsp3) is 0.381. The Hall–Kier alpha value is -3.10. The second-order valence-electron chi connectivity index (χ2n) is 7.43. The smallest absolute Gasteiger partial charge is 0.433 e. The van der Waals surface area contributed by atoms with E-state index in [-0.39, 0.29) is 29.6 Å². The van der Waals surface area contributed by atoms with Crippen molar-refractivity contribution in [2.75, 3.05) is 20.2 Å². The van der Waals surface area contributed by atoms with Crippen LogP contribution in [0.4, 0.5) is 13.2 Å². The number of halogens is 3. The number of aromatic nitrogens is 3. The van der Waals surface area contributed by atoms with E-state index in [2.05, 4.69) is 10.1 Å². The van der Waals surface area contributed by atoms with Crippen molar-refractivity contribution in [2.45, 2.75) is 31.9 Å². The van der Waals surface area contributed by atoms with Crippen molar-refractivity contribution in [3.63, 3.8) is 0 Å². The summed E-state index contributed by atoms with van der Waals surface area (Å²) in [5.41, 5.74) is 0.914. The average molecular weight is 418 g/mol. The second-order valence-corrected chi connectivity index (χ2v) is 7.43. The molecule has 30 heavy (non-hydrogen) atoms. The lowest BCUT2D eigenvalue weighted by atomic mass is 10.1. The highest BCUT2D eigenvalue weighted by Gasteiger charge is 2.36. The number of nitrogens with zero attached hydrogens (tertiary/aromatic N) is 4. The topological polar surface area (TPSA) is 59.7 Å². The first-order chi connectivity index (χ1) is 14.3. The first-order valence-corrected chi connectivity index (χ1v) is 9.60. The van der Waals surface area contributed by atoms with E-state index in [1.807, 2.05) is 18.2 Å². The Kier molecular flexibility index (Phi) is 5.13. The number of hydrogen-bond donors (Lipinski definition) is 0. The molecule has 9 heteroatoms. The minimum absolute atomic E-state index is 0.0456.